The SMILES string of the molecule is CC(C)NCc1cccc(NC(=O)c2cncc(F)c2)c1. The summed E-state index contributed by atoms with van der Waals surface area (Å²) in [6, 6.07) is 9.09. The smallest absolute Gasteiger partial charge is 0.257 e. The first kappa shape index (κ1) is 15.1. The van der Waals surface area contributed by atoms with Crippen molar-refractivity contribution in [3.63, 3.8) is 0 Å². The van der Waals surface area contributed by atoms with Gasteiger partial charge in [-0.15, -0.1) is 0 Å². The highest BCUT2D eigenvalue weighted by Gasteiger charge is 2.08. The largest absolute Gasteiger partial charge is 0.322 e. The van der Waals surface area contributed by atoms with Crippen molar-refractivity contribution >= 4 is 11.6 Å². The maximum absolute atomic E-state index is 13.1. The molecule has 0 saturated heterocycles. The van der Waals surface area contributed by atoms with Crippen LogP contribution in [-0.4, -0.2) is 16.9 Å². The zero-order chi connectivity index (χ0) is 15.2. The van der Waals surface area contributed by atoms with Crippen LogP contribution < -0.4 is 10.6 Å². The standard InChI is InChI=1S/C16H18FN3O/c1-11(2)19-8-12-4-3-5-15(6-12)20-16(21)13-7-14(17)10-18-9-13/h3-7,9-11,19H,8H2,1-2H3,(H,20,21). The molecule has 0 unspecified atom stereocenters. The first-order valence-corrected chi connectivity index (χ1v) is 6.79. The Bertz CT molecular complexity index is 628. The van der Waals surface area contributed by atoms with Crippen molar-refractivity contribution in [3.05, 3.63) is 59.7 Å². The van der Waals surface area contributed by atoms with Crippen molar-refractivity contribution in [2.45, 2.75) is 26.4 Å². The minimum Gasteiger partial charge on any atom is -0.322 e. The summed E-state index contributed by atoms with van der Waals surface area (Å²) in [6.45, 7) is 4.87. The van der Waals surface area contributed by atoms with Crippen molar-refractivity contribution in [1.82, 2.24) is 10.3 Å². The zero-order valence-electron chi connectivity index (χ0n) is 12.1. The first-order valence-electron chi connectivity index (χ1n) is 6.79. The molecule has 5 heteroatoms. The van der Waals surface area contributed by atoms with E-state index in [1.165, 1.54) is 6.20 Å². The van der Waals surface area contributed by atoms with Crippen molar-refractivity contribution in [2.24, 2.45) is 0 Å². The molecule has 2 rings (SSSR count). The lowest BCUT2D eigenvalue weighted by Gasteiger charge is -2.10. The molecule has 110 valence electrons. The molecule has 0 bridgehead atoms. The molecular weight excluding hydrogens is 269 g/mol. The Balaban J connectivity index is 2.05. The number of pyridine rings is 1. The Hall–Kier alpha value is -2.27. The van der Waals surface area contributed by atoms with E-state index in [4.69, 9.17) is 0 Å². The molecule has 1 heterocycles. The molecule has 0 fully saturated rings. The summed E-state index contributed by atoms with van der Waals surface area (Å²) in [5, 5.41) is 6.05. The molecule has 0 radical (unpaired) electrons. The highest BCUT2D eigenvalue weighted by atomic mass is 19.1. The topological polar surface area (TPSA) is 54.0 Å². The normalized spacial score (nSPS) is 10.7. The molecule has 1 amide bonds. The molecule has 1 aromatic carbocycles. The van der Waals surface area contributed by atoms with Crippen LogP contribution in [-0.2, 0) is 6.54 Å². The van der Waals surface area contributed by atoms with E-state index >= 15 is 0 Å². The van der Waals surface area contributed by atoms with Crippen molar-refractivity contribution in [1.29, 1.82) is 0 Å². The van der Waals surface area contributed by atoms with Gasteiger partial charge in [0.15, 0.2) is 0 Å². The van der Waals surface area contributed by atoms with Crippen molar-refractivity contribution in [3.8, 4) is 0 Å². The first-order chi connectivity index (χ1) is 10.0. The highest BCUT2D eigenvalue weighted by molar-refractivity contribution is 6.04. The van der Waals surface area contributed by atoms with Crippen molar-refractivity contribution < 1.29 is 9.18 Å². The van der Waals surface area contributed by atoms with Gasteiger partial charge < -0.3 is 10.6 Å². The second-order valence-electron chi connectivity index (χ2n) is 5.08. The quantitative estimate of drug-likeness (QED) is 0.889. The van der Waals surface area contributed by atoms with E-state index in [9.17, 15) is 9.18 Å². The zero-order valence-corrected chi connectivity index (χ0v) is 12.1. The Morgan fingerprint density at radius 2 is 2.10 bits per heavy atom. The highest BCUT2D eigenvalue weighted by Crippen LogP contribution is 2.12. The van der Waals surface area contributed by atoms with Gasteiger partial charge in [-0.1, -0.05) is 26.0 Å². The number of nitrogens with one attached hydrogen (secondary N) is 2. The number of nitrogens with zero attached hydrogens (tertiary/aromatic N) is 1. The molecule has 0 spiro atoms. The lowest BCUT2D eigenvalue weighted by molar-refractivity contribution is 0.102. The van der Waals surface area contributed by atoms with Gasteiger partial charge in [0.25, 0.3) is 5.91 Å². The summed E-state index contributed by atoms with van der Waals surface area (Å²) in [6.07, 6.45) is 2.40. The maximum Gasteiger partial charge on any atom is 0.257 e. The number of rotatable bonds is 5. The summed E-state index contributed by atoms with van der Waals surface area (Å²) in [5.41, 5.74) is 1.94. The molecule has 0 aliphatic rings. The fourth-order valence-corrected chi connectivity index (χ4v) is 1.82. The average Bonchev–Trinajstić information content (AvgIpc) is 2.45. The van der Waals surface area contributed by atoms with Gasteiger partial charge in [0, 0.05) is 24.5 Å². The van der Waals surface area contributed by atoms with Crippen LogP contribution in [0.2, 0.25) is 0 Å². The van der Waals surface area contributed by atoms with Gasteiger partial charge in [0.05, 0.1) is 11.8 Å². The second kappa shape index (κ2) is 6.95. The number of benzene rings is 1. The fourth-order valence-electron chi connectivity index (χ4n) is 1.82. The van der Waals surface area contributed by atoms with Crippen LogP contribution in [0, 0.1) is 5.82 Å². The number of halogens is 1. The van der Waals surface area contributed by atoms with E-state index in [0.29, 0.717) is 11.7 Å². The molecule has 1 aromatic heterocycles. The molecule has 2 N–H and O–H groups in total. The van der Waals surface area contributed by atoms with E-state index in [1.807, 2.05) is 18.2 Å². The Morgan fingerprint density at radius 1 is 1.29 bits per heavy atom. The molecule has 0 aliphatic heterocycles. The number of amides is 1. The number of carbonyl (C=O) groups is 1. The third kappa shape index (κ3) is 4.65. The Labute approximate surface area is 123 Å². The van der Waals surface area contributed by atoms with Gasteiger partial charge in [-0.3, -0.25) is 9.78 Å². The second-order valence-corrected chi connectivity index (χ2v) is 5.08. The summed E-state index contributed by atoms with van der Waals surface area (Å²) in [4.78, 5) is 15.7. The molecule has 2 aromatic rings. The Morgan fingerprint density at radius 3 is 2.81 bits per heavy atom. The Kier molecular flexibility index (Phi) is 5.00. The van der Waals surface area contributed by atoms with E-state index in [-0.39, 0.29) is 11.5 Å². The van der Waals surface area contributed by atoms with Crippen LogP contribution in [0.5, 0.6) is 0 Å². The van der Waals surface area contributed by atoms with Crippen LogP contribution in [0.4, 0.5) is 10.1 Å². The number of anilines is 1. The molecule has 21 heavy (non-hydrogen) atoms. The van der Waals surface area contributed by atoms with Crippen LogP contribution in [0.1, 0.15) is 29.8 Å². The average molecular weight is 287 g/mol. The fraction of sp³-hybridized carbons (Fsp3) is 0.250. The predicted molar refractivity (Wildman–Crippen MR) is 80.6 cm³/mol. The third-order valence-electron chi connectivity index (χ3n) is 2.87. The third-order valence-corrected chi connectivity index (χ3v) is 2.87. The van der Waals surface area contributed by atoms with Gasteiger partial charge in [0.1, 0.15) is 5.82 Å². The lowest BCUT2D eigenvalue weighted by Crippen LogP contribution is -2.21. The van der Waals surface area contributed by atoms with Gasteiger partial charge in [-0.05, 0) is 23.8 Å². The number of aromatic nitrogens is 1. The van der Waals surface area contributed by atoms with E-state index in [2.05, 4.69) is 29.5 Å². The molecule has 0 aliphatic carbocycles. The van der Waals surface area contributed by atoms with Crippen molar-refractivity contribution in [2.75, 3.05) is 5.32 Å². The monoisotopic (exact) mass is 287 g/mol. The van der Waals surface area contributed by atoms with Crippen LogP contribution in [0.3, 0.4) is 0 Å². The molecule has 0 atom stereocenters. The van der Waals surface area contributed by atoms with Gasteiger partial charge in [0.2, 0.25) is 0 Å². The van der Waals surface area contributed by atoms with E-state index in [1.54, 1.807) is 6.07 Å². The summed E-state index contributed by atoms with van der Waals surface area (Å²) < 4.78 is 13.1. The molecule has 4 nitrogen and oxygen atoms in total. The number of carbonyl (C=O) groups excluding carboxylic acids is 1. The van der Waals surface area contributed by atoms with Crippen LogP contribution in [0.25, 0.3) is 0 Å². The summed E-state index contributed by atoms with van der Waals surface area (Å²) >= 11 is 0. The lowest BCUT2D eigenvalue weighted by atomic mass is 10.2. The van der Waals surface area contributed by atoms with Gasteiger partial charge >= 0.3 is 0 Å². The summed E-state index contributed by atoms with van der Waals surface area (Å²) in [7, 11) is 0. The predicted octanol–water partition coefficient (Wildman–Crippen LogP) is 2.97. The van der Waals surface area contributed by atoms with E-state index in [0.717, 1.165) is 24.4 Å². The molecular formula is C16H18FN3O. The minimum absolute atomic E-state index is 0.195. The van der Waals surface area contributed by atoms with Gasteiger partial charge in [-0.25, -0.2) is 4.39 Å². The number of hydrogen-bond acceptors (Lipinski definition) is 3. The van der Waals surface area contributed by atoms with Crippen LogP contribution >= 0.6 is 0 Å². The maximum atomic E-state index is 13.1. The van der Waals surface area contributed by atoms with Gasteiger partial charge in [-0.2, -0.15) is 0 Å². The molecule has 0 saturated carbocycles. The summed E-state index contributed by atoms with van der Waals surface area (Å²) in [5.74, 6) is -0.909. The van der Waals surface area contributed by atoms with E-state index < -0.39 is 5.82 Å². The van der Waals surface area contributed by atoms with Crippen LogP contribution in [0.15, 0.2) is 42.7 Å². The minimum atomic E-state index is -0.530. The number of hydrogen-bond donors (Lipinski definition) is 2.